The first kappa shape index (κ1) is 18.4. The van der Waals surface area contributed by atoms with Crippen molar-refractivity contribution in [1.82, 2.24) is 4.98 Å². The Morgan fingerprint density at radius 3 is 2.37 bits per heavy atom. The van der Waals surface area contributed by atoms with Crippen molar-refractivity contribution >= 4 is 17.4 Å². The summed E-state index contributed by atoms with van der Waals surface area (Å²) in [6.07, 6.45) is 1.22. The number of aromatic nitrogens is 1. The van der Waals surface area contributed by atoms with Crippen LogP contribution < -0.4 is 10.6 Å². The molecule has 0 bridgehead atoms. The highest BCUT2D eigenvalue weighted by Crippen LogP contribution is 2.20. The Kier molecular flexibility index (Phi) is 5.35. The molecule has 1 heterocycles. The number of hydrogen-bond donors (Lipinski definition) is 2. The number of hydrogen-bond acceptors (Lipinski definition) is 3. The first-order valence-electron chi connectivity index (χ1n) is 7.84. The van der Waals surface area contributed by atoms with Crippen molar-refractivity contribution in [1.29, 1.82) is 0 Å². The van der Waals surface area contributed by atoms with E-state index in [9.17, 15) is 22.4 Å². The molecule has 27 heavy (non-hydrogen) atoms. The van der Waals surface area contributed by atoms with Gasteiger partial charge in [0.05, 0.1) is 11.3 Å². The first-order valence-corrected chi connectivity index (χ1v) is 7.84. The number of carbonyl (C=O) groups excluding carboxylic acids is 1. The van der Waals surface area contributed by atoms with Crippen molar-refractivity contribution < 1.29 is 22.4 Å². The highest BCUT2D eigenvalue weighted by Gasteiger charge is 2.16. The molecule has 0 saturated heterocycles. The molecule has 0 atom stereocenters. The standard InChI is InChI=1S/C19H13F4N3O/c20-13-4-2-1-3-11(13)9-24-16-8-5-12(10-25-16)19(27)26-15-7-6-14(21)17(22)18(15)23/h1-8,10H,9H2,(H,24,25)(H,26,27). The Morgan fingerprint density at radius 1 is 0.889 bits per heavy atom. The predicted molar refractivity (Wildman–Crippen MR) is 92.2 cm³/mol. The molecule has 0 aliphatic carbocycles. The van der Waals surface area contributed by atoms with Crippen LogP contribution in [-0.2, 0) is 6.54 Å². The van der Waals surface area contributed by atoms with E-state index in [0.29, 0.717) is 17.4 Å². The van der Waals surface area contributed by atoms with Crippen molar-refractivity contribution in [3.63, 3.8) is 0 Å². The lowest BCUT2D eigenvalue weighted by Gasteiger charge is -2.09. The second-order valence-electron chi connectivity index (χ2n) is 5.55. The van der Waals surface area contributed by atoms with Gasteiger partial charge in [-0.25, -0.2) is 22.5 Å². The fourth-order valence-corrected chi connectivity index (χ4v) is 2.28. The normalized spacial score (nSPS) is 10.5. The number of pyridine rings is 1. The summed E-state index contributed by atoms with van der Waals surface area (Å²) in [5, 5.41) is 5.06. The molecule has 0 radical (unpaired) electrons. The summed E-state index contributed by atoms with van der Waals surface area (Å²) in [4.78, 5) is 16.1. The van der Waals surface area contributed by atoms with Gasteiger partial charge in [-0.05, 0) is 30.3 Å². The first-order chi connectivity index (χ1) is 13.0. The molecule has 2 N–H and O–H groups in total. The number of carbonyl (C=O) groups is 1. The summed E-state index contributed by atoms with van der Waals surface area (Å²) in [5.74, 6) is -5.20. The van der Waals surface area contributed by atoms with Crippen molar-refractivity contribution in [2.75, 3.05) is 10.6 Å². The quantitative estimate of drug-likeness (QED) is 0.510. The largest absolute Gasteiger partial charge is 0.366 e. The van der Waals surface area contributed by atoms with E-state index >= 15 is 0 Å². The van der Waals surface area contributed by atoms with Crippen LogP contribution in [0.3, 0.4) is 0 Å². The van der Waals surface area contributed by atoms with E-state index in [0.717, 1.165) is 6.07 Å². The number of rotatable bonds is 5. The molecule has 0 unspecified atom stereocenters. The van der Waals surface area contributed by atoms with E-state index in [4.69, 9.17) is 0 Å². The van der Waals surface area contributed by atoms with Gasteiger partial charge in [0.1, 0.15) is 11.6 Å². The van der Waals surface area contributed by atoms with E-state index in [1.807, 2.05) is 0 Å². The van der Waals surface area contributed by atoms with Crippen molar-refractivity contribution in [2.24, 2.45) is 0 Å². The SMILES string of the molecule is O=C(Nc1ccc(F)c(F)c1F)c1ccc(NCc2ccccc2F)nc1. The lowest BCUT2D eigenvalue weighted by atomic mass is 10.2. The predicted octanol–water partition coefficient (Wildman–Crippen LogP) is 4.50. The Bertz CT molecular complexity index is 977. The van der Waals surface area contributed by atoms with Gasteiger partial charge in [0.25, 0.3) is 5.91 Å². The smallest absolute Gasteiger partial charge is 0.257 e. The molecule has 1 amide bonds. The van der Waals surface area contributed by atoms with Crippen LogP contribution in [0.5, 0.6) is 0 Å². The van der Waals surface area contributed by atoms with Crippen LogP contribution in [-0.4, -0.2) is 10.9 Å². The van der Waals surface area contributed by atoms with Crippen LogP contribution in [0.25, 0.3) is 0 Å². The number of nitrogens with one attached hydrogen (secondary N) is 2. The van der Waals surface area contributed by atoms with E-state index < -0.39 is 29.0 Å². The second kappa shape index (κ2) is 7.86. The fourth-order valence-electron chi connectivity index (χ4n) is 2.28. The van der Waals surface area contributed by atoms with Crippen molar-refractivity contribution in [3.05, 3.63) is 89.1 Å². The average molecular weight is 375 g/mol. The van der Waals surface area contributed by atoms with Gasteiger partial charge in [-0.15, -0.1) is 0 Å². The minimum Gasteiger partial charge on any atom is -0.366 e. The molecule has 0 aliphatic rings. The van der Waals surface area contributed by atoms with Gasteiger partial charge in [0.15, 0.2) is 17.5 Å². The van der Waals surface area contributed by atoms with Gasteiger partial charge < -0.3 is 10.6 Å². The third-order valence-electron chi connectivity index (χ3n) is 3.73. The summed E-state index contributed by atoms with van der Waals surface area (Å²) in [6, 6.07) is 10.8. The van der Waals surface area contributed by atoms with E-state index in [-0.39, 0.29) is 17.9 Å². The van der Waals surface area contributed by atoms with Gasteiger partial charge in [0, 0.05) is 18.3 Å². The zero-order valence-corrected chi connectivity index (χ0v) is 13.8. The summed E-state index contributed by atoms with van der Waals surface area (Å²) in [7, 11) is 0. The monoisotopic (exact) mass is 375 g/mol. The lowest BCUT2D eigenvalue weighted by molar-refractivity contribution is 0.102. The van der Waals surface area contributed by atoms with Gasteiger partial charge in [-0.1, -0.05) is 18.2 Å². The number of benzene rings is 2. The molecule has 0 saturated carbocycles. The number of anilines is 2. The highest BCUT2D eigenvalue weighted by molar-refractivity contribution is 6.04. The minimum atomic E-state index is -1.67. The van der Waals surface area contributed by atoms with Crippen LogP contribution in [0.4, 0.5) is 29.1 Å². The summed E-state index contributed by atoms with van der Waals surface area (Å²) in [6.45, 7) is 0.200. The zero-order valence-electron chi connectivity index (χ0n) is 13.8. The second-order valence-corrected chi connectivity index (χ2v) is 5.55. The number of halogens is 4. The number of amides is 1. The van der Waals surface area contributed by atoms with E-state index in [1.54, 1.807) is 18.2 Å². The van der Waals surface area contributed by atoms with E-state index in [1.165, 1.54) is 24.4 Å². The van der Waals surface area contributed by atoms with Gasteiger partial charge in [-0.3, -0.25) is 4.79 Å². The summed E-state index contributed by atoms with van der Waals surface area (Å²) >= 11 is 0. The van der Waals surface area contributed by atoms with E-state index in [2.05, 4.69) is 15.6 Å². The molecule has 4 nitrogen and oxygen atoms in total. The third-order valence-corrected chi connectivity index (χ3v) is 3.73. The molecule has 0 spiro atoms. The Balaban J connectivity index is 1.65. The third kappa shape index (κ3) is 4.22. The van der Waals surface area contributed by atoms with Gasteiger partial charge >= 0.3 is 0 Å². The summed E-state index contributed by atoms with van der Waals surface area (Å²) in [5.41, 5.74) is 0.0474. The Hall–Kier alpha value is -3.42. The molecule has 8 heteroatoms. The summed E-state index contributed by atoms with van der Waals surface area (Å²) < 4.78 is 53.3. The molecule has 0 aliphatic heterocycles. The molecule has 0 fully saturated rings. The minimum absolute atomic E-state index is 0.0792. The Labute approximate surface area is 151 Å². The van der Waals surface area contributed by atoms with Crippen LogP contribution in [0.1, 0.15) is 15.9 Å². The van der Waals surface area contributed by atoms with Crippen LogP contribution in [0.2, 0.25) is 0 Å². The molecule has 3 aromatic rings. The highest BCUT2D eigenvalue weighted by atomic mass is 19.2. The lowest BCUT2D eigenvalue weighted by Crippen LogP contribution is -2.14. The van der Waals surface area contributed by atoms with Crippen molar-refractivity contribution in [2.45, 2.75) is 6.54 Å². The molecule has 3 rings (SSSR count). The maximum Gasteiger partial charge on any atom is 0.257 e. The molecule has 1 aromatic heterocycles. The molecular weight excluding hydrogens is 362 g/mol. The van der Waals surface area contributed by atoms with Crippen LogP contribution in [0.15, 0.2) is 54.7 Å². The van der Waals surface area contributed by atoms with Crippen LogP contribution >= 0.6 is 0 Å². The topological polar surface area (TPSA) is 54.0 Å². The fraction of sp³-hybridized carbons (Fsp3) is 0.0526. The maximum absolute atomic E-state index is 13.6. The Morgan fingerprint density at radius 2 is 1.67 bits per heavy atom. The average Bonchev–Trinajstić information content (AvgIpc) is 2.68. The van der Waals surface area contributed by atoms with Gasteiger partial charge in [0.2, 0.25) is 0 Å². The number of nitrogens with zero attached hydrogens (tertiary/aromatic N) is 1. The molecular formula is C19H13F4N3O. The van der Waals surface area contributed by atoms with Crippen LogP contribution in [0, 0.1) is 23.3 Å². The molecule has 138 valence electrons. The van der Waals surface area contributed by atoms with Crippen molar-refractivity contribution in [3.8, 4) is 0 Å². The zero-order chi connectivity index (χ0) is 19.4. The van der Waals surface area contributed by atoms with Gasteiger partial charge in [-0.2, -0.15) is 0 Å². The molecule has 2 aromatic carbocycles. The maximum atomic E-state index is 13.6.